The first kappa shape index (κ1) is 33.6. The number of piperidine rings is 1. The molecule has 0 unspecified atom stereocenters. The number of aliphatic hydroxyl groups excluding tert-OH is 2. The second-order valence-corrected chi connectivity index (χ2v) is 13.5. The lowest BCUT2D eigenvalue weighted by atomic mass is 9.91. The molecule has 4 atom stereocenters. The summed E-state index contributed by atoms with van der Waals surface area (Å²) in [6.07, 6.45) is 1.99. The zero-order valence-electron chi connectivity index (χ0n) is 28.4. The topological polar surface area (TPSA) is 140 Å². The summed E-state index contributed by atoms with van der Waals surface area (Å²) in [4.78, 5) is 29.4. The van der Waals surface area contributed by atoms with Crippen molar-refractivity contribution in [2.75, 3.05) is 30.3 Å². The van der Waals surface area contributed by atoms with Crippen LogP contribution in [0.4, 0.5) is 11.8 Å². The van der Waals surface area contributed by atoms with E-state index in [0.717, 1.165) is 32.5 Å². The highest BCUT2D eigenvalue weighted by molar-refractivity contribution is 5.84. The van der Waals surface area contributed by atoms with E-state index in [1.54, 1.807) is 13.3 Å². The molecule has 3 heterocycles. The molecule has 0 spiro atoms. The summed E-state index contributed by atoms with van der Waals surface area (Å²) in [5, 5.41) is 32.2. The number of aromatic nitrogens is 4. The molecule has 50 heavy (non-hydrogen) atoms. The van der Waals surface area contributed by atoms with Gasteiger partial charge in [0.2, 0.25) is 11.9 Å². The maximum Gasteiger partial charge on any atom is 0.227 e. The van der Waals surface area contributed by atoms with Crippen LogP contribution in [0.2, 0.25) is 0 Å². The minimum Gasteiger partial charge on any atom is -0.388 e. The molecular weight excluding hydrogens is 628 g/mol. The van der Waals surface area contributed by atoms with E-state index < -0.39 is 24.3 Å². The Bertz CT molecular complexity index is 1810. The number of fused-ring (bicyclic) bond motifs is 1. The highest BCUT2D eigenvalue weighted by atomic mass is 16.3. The molecule has 11 nitrogen and oxygen atoms in total. The smallest absolute Gasteiger partial charge is 0.227 e. The normalized spacial score (nSPS) is 21.4. The van der Waals surface area contributed by atoms with E-state index in [2.05, 4.69) is 93.6 Å². The number of nitrogens with zero attached hydrogens (tertiary/aromatic N) is 5. The Morgan fingerprint density at radius 3 is 2.16 bits per heavy atom. The first-order valence-electron chi connectivity index (χ1n) is 17.7. The Morgan fingerprint density at radius 1 is 0.880 bits per heavy atom. The van der Waals surface area contributed by atoms with E-state index in [9.17, 15) is 15.0 Å². The lowest BCUT2D eigenvalue weighted by Gasteiger charge is -2.32. The van der Waals surface area contributed by atoms with Crippen molar-refractivity contribution in [3.63, 3.8) is 0 Å². The molecule has 2 fully saturated rings. The Labute approximate surface area is 292 Å². The number of likely N-dealkylation sites (tertiary alicyclic amines) is 1. The molecule has 7 rings (SSSR count). The van der Waals surface area contributed by atoms with Crippen molar-refractivity contribution < 1.29 is 15.0 Å². The van der Waals surface area contributed by atoms with Gasteiger partial charge in [-0.15, -0.1) is 0 Å². The van der Waals surface area contributed by atoms with Crippen molar-refractivity contribution >= 4 is 28.8 Å². The van der Waals surface area contributed by atoms with Gasteiger partial charge in [0.05, 0.1) is 18.4 Å². The van der Waals surface area contributed by atoms with Crippen LogP contribution in [0.25, 0.3) is 11.2 Å². The largest absolute Gasteiger partial charge is 0.388 e. The molecule has 3 aromatic carbocycles. The Hall–Kier alpha value is -4.84. The number of amides is 1. The molecule has 1 aliphatic heterocycles. The second kappa shape index (κ2) is 15.4. The minimum atomic E-state index is -1.11. The van der Waals surface area contributed by atoms with Gasteiger partial charge >= 0.3 is 0 Å². The van der Waals surface area contributed by atoms with Crippen molar-refractivity contribution in [1.29, 1.82) is 0 Å². The van der Waals surface area contributed by atoms with E-state index in [1.807, 2.05) is 22.8 Å². The quantitative estimate of drug-likeness (QED) is 0.127. The number of carbonyl (C=O) groups is 1. The standard InChI is InChI=1S/C39H46N8O3/c1-2-33(48)43-31-22-32(36(50)35(31)49)47-25-41-34-37(40-23-30(27-14-8-4-9-15-27)28-16-10-5-11-17-28)44-39(45-38(34)47)42-29-18-20-46(21-19-29)24-26-12-6-3-7-13-26/h3-17,25,29-32,35-36,49-50H,2,18-24H2,1H3,(H,43,48)(H2,40,42,44,45)/t31-,32+,35+,36-/m0/s1. The SMILES string of the molecule is CCC(=O)N[C@H]1C[C@@H](n2cnc3c(NCC(c4ccccc4)c4ccccc4)nc(NC4CCN(Cc5ccccc5)CC4)nc32)[C@H](O)[C@@H]1O. The number of aliphatic hydroxyl groups is 2. The molecule has 0 bridgehead atoms. The zero-order valence-corrected chi connectivity index (χ0v) is 28.4. The predicted octanol–water partition coefficient (Wildman–Crippen LogP) is 4.71. The minimum absolute atomic E-state index is 0.0598. The third-order valence-corrected chi connectivity index (χ3v) is 10.1. The maximum absolute atomic E-state index is 12.2. The second-order valence-electron chi connectivity index (χ2n) is 13.5. The van der Waals surface area contributed by atoms with Crippen molar-refractivity contribution in [1.82, 2.24) is 29.7 Å². The van der Waals surface area contributed by atoms with Crippen LogP contribution in [-0.4, -0.2) is 84.5 Å². The molecule has 5 N–H and O–H groups in total. The number of rotatable bonds is 12. The van der Waals surface area contributed by atoms with Gasteiger partial charge in [-0.2, -0.15) is 9.97 Å². The predicted molar refractivity (Wildman–Crippen MR) is 195 cm³/mol. The number of imidazole rings is 1. The molecule has 1 aliphatic carbocycles. The number of hydrogen-bond acceptors (Lipinski definition) is 9. The maximum atomic E-state index is 12.2. The van der Waals surface area contributed by atoms with Gasteiger partial charge in [-0.25, -0.2) is 4.98 Å². The molecule has 1 saturated carbocycles. The average Bonchev–Trinajstić information content (AvgIpc) is 3.70. The Morgan fingerprint density at radius 2 is 1.52 bits per heavy atom. The molecule has 11 heteroatoms. The Kier molecular flexibility index (Phi) is 10.3. The van der Waals surface area contributed by atoms with Gasteiger partial charge < -0.3 is 30.7 Å². The molecular formula is C39H46N8O3. The number of hydrogen-bond donors (Lipinski definition) is 5. The summed E-state index contributed by atoms with van der Waals surface area (Å²) < 4.78 is 1.83. The molecule has 1 saturated heterocycles. The highest BCUT2D eigenvalue weighted by Gasteiger charge is 2.43. The van der Waals surface area contributed by atoms with Crippen molar-refractivity contribution in [2.45, 2.75) is 75.4 Å². The lowest BCUT2D eigenvalue weighted by molar-refractivity contribution is -0.122. The monoisotopic (exact) mass is 674 g/mol. The van der Waals surface area contributed by atoms with Gasteiger partial charge in [-0.3, -0.25) is 9.69 Å². The van der Waals surface area contributed by atoms with E-state index in [0.29, 0.717) is 42.3 Å². The van der Waals surface area contributed by atoms with Crippen molar-refractivity contribution in [3.05, 3.63) is 114 Å². The van der Waals surface area contributed by atoms with Gasteiger partial charge in [0.1, 0.15) is 12.2 Å². The van der Waals surface area contributed by atoms with Gasteiger partial charge in [0.25, 0.3) is 0 Å². The van der Waals surface area contributed by atoms with Gasteiger partial charge in [-0.05, 0) is 36.0 Å². The molecule has 0 radical (unpaired) electrons. The summed E-state index contributed by atoms with van der Waals surface area (Å²) in [5.74, 6) is 0.977. The summed E-state index contributed by atoms with van der Waals surface area (Å²) in [6.45, 7) is 5.19. The molecule has 1 amide bonds. The van der Waals surface area contributed by atoms with Gasteiger partial charge in [-0.1, -0.05) is 97.9 Å². The van der Waals surface area contributed by atoms with Crippen LogP contribution < -0.4 is 16.0 Å². The summed E-state index contributed by atoms with van der Waals surface area (Å²) in [6, 6.07) is 30.5. The highest BCUT2D eigenvalue weighted by Crippen LogP contribution is 2.35. The number of benzene rings is 3. The van der Waals surface area contributed by atoms with E-state index >= 15 is 0 Å². The fourth-order valence-corrected chi connectivity index (χ4v) is 7.34. The number of nitrogens with one attached hydrogen (secondary N) is 3. The van der Waals surface area contributed by atoms with E-state index in [1.165, 1.54) is 16.7 Å². The molecule has 260 valence electrons. The Balaban J connectivity index is 1.16. The van der Waals surface area contributed by atoms with E-state index in [-0.39, 0.29) is 17.9 Å². The summed E-state index contributed by atoms with van der Waals surface area (Å²) >= 11 is 0. The fraction of sp³-hybridized carbons (Fsp3) is 0.385. The van der Waals surface area contributed by atoms with Crippen molar-refractivity contribution in [3.8, 4) is 0 Å². The summed E-state index contributed by atoms with van der Waals surface area (Å²) in [5.41, 5.74) is 4.82. The van der Waals surface area contributed by atoms with Crippen LogP contribution in [0, 0.1) is 0 Å². The third-order valence-electron chi connectivity index (χ3n) is 10.1. The molecule has 2 aliphatic rings. The average molecular weight is 675 g/mol. The molecule has 2 aromatic heterocycles. The van der Waals surface area contributed by atoms with Crippen molar-refractivity contribution in [2.24, 2.45) is 0 Å². The number of anilines is 2. The van der Waals surface area contributed by atoms with Crippen LogP contribution >= 0.6 is 0 Å². The lowest BCUT2D eigenvalue weighted by Crippen LogP contribution is -2.42. The molecule has 5 aromatic rings. The number of carbonyl (C=O) groups excluding carboxylic acids is 1. The first-order valence-corrected chi connectivity index (χ1v) is 17.7. The summed E-state index contributed by atoms with van der Waals surface area (Å²) in [7, 11) is 0. The fourth-order valence-electron chi connectivity index (χ4n) is 7.34. The van der Waals surface area contributed by atoms with Crippen LogP contribution in [0.1, 0.15) is 61.3 Å². The van der Waals surface area contributed by atoms with E-state index in [4.69, 9.17) is 15.0 Å². The van der Waals surface area contributed by atoms with Crippen LogP contribution in [0.15, 0.2) is 97.3 Å². The van der Waals surface area contributed by atoms with Gasteiger partial charge in [0.15, 0.2) is 17.0 Å². The van der Waals surface area contributed by atoms with Crippen LogP contribution in [0.5, 0.6) is 0 Å². The third kappa shape index (κ3) is 7.50. The van der Waals surface area contributed by atoms with Gasteiger partial charge in [0, 0.05) is 44.6 Å². The zero-order chi connectivity index (χ0) is 34.5. The van der Waals surface area contributed by atoms with Crippen LogP contribution in [-0.2, 0) is 11.3 Å². The van der Waals surface area contributed by atoms with Crippen LogP contribution in [0.3, 0.4) is 0 Å². The first-order chi connectivity index (χ1) is 24.5.